The lowest BCUT2D eigenvalue weighted by molar-refractivity contribution is -0.137. The summed E-state index contributed by atoms with van der Waals surface area (Å²) in [7, 11) is 0. The second kappa shape index (κ2) is 13.9. The number of aliphatic carboxylic acids is 2. The van der Waals surface area contributed by atoms with Crippen LogP contribution in [0.4, 0.5) is 35.9 Å². The van der Waals surface area contributed by atoms with Crippen LogP contribution in [-0.4, -0.2) is 22.2 Å². The molecule has 4 N–H and O–H groups in total. The zero-order valence-corrected chi connectivity index (χ0v) is 23.4. The van der Waals surface area contributed by atoms with Crippen molar-refractivity contribution < 1.29 is 33.0 Å². The molecule has 0 aliphatic heterocycles. The predicted octanol–water partition coefficient (Wildman–Crippen LogP) is 8.46. The van der Waals surface area contributed by atoms with Gasteiger partial charge in [0.1, 0.15) is 11.6 Å². The fourth-order valence-corrected chi connectivity index (χ4v) is 4.31. The quantitative estimate of drug-likeness (QED) is 0.161. The van der Waals surface area contributed by atoms with Gasteiger partial charge in [-0.3, -0.25) is 9.59 Å². The van der Waals surface area contributed by atoms with Crippen LogP contribution < -0.4 is 10.6 Å². The largest absolute Gasteiger partial charge is 0.481 e. The molecule has 0 aromatic heterocycles. The van der Waals surface area contributed by atoms with Gasteiger partial charge in [0.2, 0.25) is 0 Å². The number of benzene rings is 4. The Bertz CT molecular complexity index is 1560. The van der Waals surface area contributed by atoms with Crippen molar-refractivity contribution in [2.75, 3.05) is 10.6 Å². The summed E-state index contributed by atoms with van der Waals surface area (Å²) in [6, 6.07) is 16.4. The minimum atomic E-state index is -1.01. The van der Waals surface area contributed by atoms with Crippen LogP contribution in [0.3, 0.4) is 0 Å². The molecule has 4 aromatic carbocycles. The first-order valence-electron chi connectivity index (χ1n) is 12.1. The molecule has 0 heterocycles. The number of nitrogens with one attached hydrogen (secondary N) is 2. The molecule has 4 aromatic rings. The number of para-hydroxylation sites is 1. The topological polar surface area (TPSA) is 98.7 Å². The van der Waals surface area contributed by atoms with Crippen LogP contribution in [0.5, 0.6) is 0 Å². The highest BCUT2D eigenvalue weighted by Crippen LogP contribution is 2.32. The van der Waals surface area contributed by atoms with Gasteiger partial charge in [0.15, 0.2) is 5.82 Å². The van der Waals surface area contributed by atoms with E-state index in [0.29, 0.717) is 28.6 Å². The molecule has 214 valence electrons. The summed E-state index contributed by atoms with van der Waals surface area (Å²) in [5.41, 5.74) is 3.88. The Kier molecular flexibility index (Phi) is 10.6. The summed E-state index contributed by atoms with van der Waals surface area (Å²) in [5.74, 6) is -4.06. The molecule has 0 fully saturated rings. The maximum atomic E-state index is 13.8. The molecule has 0 aliphatic rings. The van der Waals surface area contributed by atoms with E-state index >= 15 is 0 Å². The van der Waals surface area contributed by atoms with Crippen molar-refractivity contribution in [1.82, 2.24) is 0 Å². The van der Waals surface area contributed by atoms with E-state index in [1.165, 1.54) is 12.1 Å². The number of halogens is 5. The van der Waals surface area contributed by atoms with Crippen LogP contribution >= 0.6 is 23.2 Å². The molecule has 6 nitrogen and oxygen atoms in total. The first-order chi connectivity index (χ1) is 19.3. The highest BCUT2D eigenvalue weighted by Gasteiger charge is 2.14. The van der Waals surface area contributed by atoms with E-state index in [1.54, 1.807) is 36.4 Å². The lowest BCUT2D eigenvalue weighted by Gasteiger charge is -2.14. The molecule has 0 saturated heterocycles. The summed E-state index contributed by atoms with van der Waals surface area (Å²) in [6.45, 7) is 3.69. The van der Waals surface area contributed by atoms with E-state index in [2.05, 4.69) is 10.6 Å². The van der Waals surface area contributed by atoms with Gasteiger partial charge in [0, 0.05) is 17.4 Å². The Morgan fingerprint density at radius 1 is 0.683 bits per heavy atom. The average molecular weight is 605 g/mol. The van der Waals surface area contributed by atoms with Gasteiger partial charge in [-0.15, -0.1) is 0 Å². The summed E-state index contributed by atoms with van der Waals surface area (Å²) in [6.07, 6.45) is -0.361. The van der Waals surface area contributed by atoms with Crippen molar-refractivity contribution in [2.45, 2.75) is 26.7 Å². The standard InChI is InChI=1S/C15H12ClF2NO2.C15H13ClFNO2/c1-8-2-3-13(9(4-8)5-14(20)21)19-15-11(16)6-10(17)7-12(15)18;1-9-5-6-13(10(7-9)8-14(19)20)18-15-11(16)3-2-4-12(15)17/h2-4,6-7,19H,5H2,1H3,(H,20,21);2-7,18H,8H2,1H3,(H,19,20). The maximum Gasteiger partial charge on any atom is 0.307 e. The maximum absolute atomic E-state index is 13.8. The number of aryl methyl sites for hydroxylation is 2. The molecule has 0 amide bonds. The number of hydrogen-bond acceptors (Lipinski definition) is 4. The SMILES string of the molecule is Cc1ccc(Nc2c(F)cc(F)cc2Cl)c(CC(=O)O)c1.Cc1ccc(Nc2c(F)cccc2Cl)c(CC(=O)O)c1. The van der Waals surface area contributed by atoms with Crippen LogP contribution in [-0.2, 0) is 22.4 Å². The van der Waals surface area contributed by atoms with Crippen LogP contribution in [0.25, 0.3) is 0 Å². The van der Waals surface area contributed by atoms with Gasteiger partial charge in [-0.25, -0.2) is 13.2 Å². The summed E-state index contributed by atoms with van der Waals surface area (Å²) < 4.78 is 40.5. The zero-order chi connectivity index (χ0) is 30.3. The third-order valence-corrected chi connectivity index (χ3v) is 6.31. The average Bonchev–Trinajstić information content (AvgIpc) is 2.86. The Balaban J connectivity index is 0.000000226. The van der Waals surface area contributed by atoms with Gasteiger partial charge in [-0.2, -0.15) is 0 Å². The summed E-state index contributed by atoms with van der Waals surface area (Å²) in [4.78, 5) is 21.8. The third-order valence-electron chi connectivity index (χ3n) is 5.69. The van der Waals surface area contributed by atoms with Crippen LogP contribution in [0.2, 0.25) is 10.0 Å². The first-order valence-corrected chi connectivity index (χ1v) is 12.8. The van der Waals surface area contributed by atoms with Crippen LogP contribution in [0.1, 0.15) is 22.3 Å². The van der Waals surface area contributed by atoms with Crippen LogP contribution in [0.15, 0.2) is 66.7 Å². The monoisotopic (exact) mass is 604 g/mol. The van der Waals surface area contributed by atoms with Crippen molar-refractivity contribution in [3.05, 3.63) is 116 Å². The fraction of sp³-hybridized carbons (Fsp3) is 0.133. The van der Waals surface area contributed by atoms with Gasteiger partial charge in [0.25, 0.3) is 0 Å². The molecule has 0 saturated carbocycles. The highest BCUT2D eigenvalue weighted by atomic mass is 35.5. The lowest BCUT2D eigenvalue weighted by atomic mass is 10.1. The van der Waals surface area contributed by atoms with Crippen molar-refractivity contribution in [1.29, 1.82) is 0 Å². The molecule has 0 bridgehead atoms. The number of carbonyl (C=O) groups is 2. The smallest absolute Gasteiger partial charge is 0.307 e. The molecule has 0 atom stereocenters. The third kappa shape index (κ3) is 8.89. The number of rotatable bonds is 8. The lowest BCUT2D eigenvalue weighted by Crippen LogP contribution is -2.05. The number of carboxylic acid groups (broad SMARTS) is 2. The van der Waals surface area contributed by atoms with Gasteiger partial charge in [-0.1, -0.05) is 64.7 Å². The molecule has 41 heavy (non-hydrogen) atoms. The van der Waals surface area contributed by atoms with Gasteiger partial charge < -0.3 is 20.8 Å². The second-order valence-electron chi connectivity index (χ2n) is 9.05. The number of hydrogen-bond donors (Lipinski definition) is 4. The van der Waals surface area contributed by atoms with Crippen molar-refractivity contribution in [2.24, 2.45) is 0 Å². The molecule has 0 unspecified atom stereocenters. The molecule has 4 rings (SSSR count). The number of anilines is 4. The van der Waals surface area contributed by atoms with E-state index in [0.717, 1.165) is 17.2 Å². The predicted molar refractivity (Wildman–Crippen MR) is 154 cm³/mol. The summed E-state index contributed by atoms with van der Waals surface area (Å²) in [5, 5.41) is 23.6. The van der Waals surface area contributed by atoms with Gasteiger partial charge in [0.05, 0.1) is 34.3 Å². The van der Waals surface area contributed by atoms with E-state index in [1.807, 2.05) is 19.9 Å². The molecule has 0 spiro atoms. The van der Waals surface area contributed by atoms with Gasteiger partial charge >= 0.3 is 11.9 Å². The van der Waals surface area contributed by atoms with Crippen molar-refractivity contribution in [3.8, 4) is 0 Å². The molecule has 11 heteroatoms. The van der Waals surface area contributed by atoms with E-state index in [9.17, 15) is 22.8 Å². The fourth-order valence-electron chi connectivity index (χ4n) is 3.86. The van der Waals surface area contributed by atoms with E-state index in [4.69, 9.17) is 33.4 Å². The molecular weight excluding hydrogens is 580 g/mol. The van der Waals surface area contributed by atoms with Gasteiger partial charge in [-0.05, 0) is 55.3 Å². The van der Waals surface area contributed by atoms with E-state index < -0.39 is 29.4 Å². The van der Waals surface area contributed by atoms with Crippen LogP contribution in [0, 0.1) is 31.3 Å². The minimum Gasteiger partial charge on any atom is -0.481 e. The van der Waals surface area contributed by atoms with Crippen molar-refractivity contribution in [3.63, 3.8) is 0 Å². The van der Waals surface area contributed by atoms with Crippen molar-refractivity contribution >= 4 is 57.9 Å². The minimum absolute atomic E-state index is 0.0893. The Morgan fingerprint density at radius 2 is 1.17 bits per heavy atom. The Labute approximate surface area is 244 Å². The molecule has 0 radical (unpaired) electrons. The highest BCUT2D eigenvalue weighted by molar-refractivity contribution is 6.33. The Hall–Kier alpha value is -4.21. The Morgan fingerprint density at radius 3 is 1.61 bits per heavy atom. The normalized spacial score (nSPS) is 10.4. The first kappa shape index (κ1) is 31.3. The number of carboxylic acids is 2. The molecule has 0 aliphatic carbocycles. The molecular formula is C30H25Cl2F3N2O4. The second-order valence-corrected chi connectivity index (χ2v) is 9.87. The van der Waals surface area contributed by atoms with E-state index in [-0.39, 0.29) is 34.3 Å². The summed E-state index contributed by atoms with van der Waals surface area (Å²) >= 11 is 11.8. The zero-order valence-electron chi connectivity index (χ0n) is 21.9.